The van der Waals surface area contributed by atoms with E-state index in [1.807, 2.05) is 0 Å². The molecule has 22 heavy (non-hydrogen) atoms. The zero-order valence-electron chi connectivity index (χ0n) is 12.2. The van der Waals surface area contributed by atoms with Gasteiger partial charge in [0.15, 0.2) is 0 Å². The van der Waals surface area contributed by atoms with Crippen molar-refractivity contribution in [3.05, 3.63) is 24.3 Å². The molecule has 1 saturated heterocycles. The molecule has 0 spiro atoms. The Hall–Kier alpha value is -1.25. The Morgan fingerprint density at radius 2 is 1.86 bits per heavy atom. The Morgan fingerprint density at radius 3 is 2.36 bits per heavy atom. The van der Waals surface area contributed by atoms with Gasteiger partial charge in [-0.15, -0.1) is 0 Å². The fourth-order valence-corrected chi connectivity index (χ4v) is 3.05. The van der Waals surface area contributed by atoms with Gasteiger partial charge >= 0.3 is 5.76 Å². The van der Waals surface area contributed by atoms with Crippen LogP contribution in [0.4, 0.5) is 14.5 Å². The molecule has 1 fully saturated rings. The summed E-state index contributed by atoms with van der Waals surface area (Å²) in [6, 6.07) is 5.29. The second-order valence-electron chi connectivity index (χ2n) is 5.18. The van der Waals surface area contributed by atoms with Crippen LogP contribution < -0.4 is 5.32 Å². The van der Waals surface area contributed by atoms with Crippen molar-refractivity contribution >= 4 is 15.5 Å². The van der Waals surface area contributed by atoms with Crippen molar-refractivity contribution in [1.29, 1.82) is 0 Å². The van der Waals surface area contributed by atoms with E-state index < -0.39 is 15.6 Å². The molecular formula is C14H19F2NO4S. The van der Waals surface area contributed by atoms with Crippen LogP contribution in [0.15, 0.2) is 29.2 Å². The summed E-state index contributed by atoms with van der Waals surface area (Å²) >= 11 is 0. The normalized spacial score (nSPS) is 18.4. The molecule has 0 radical (unpaired) electrons. The fourth-order valence-electron chi connectivity index (χ4n) is 2.32. The molecule has 0 saturated carbocycles. The fraction of sp³-hybridized carbons (Fsp3) is 0.571. The van der Waals surface area contributed by atoms with Gasteiger partial charge in [0.05, 0.1) is 10.5 Å². The summed E-state index contributed by atoms with van der Waals surface area (Å²) in [5, 5.41) is 3.15. The first-order chi connectivity index (χ1) is 10.4. The molecule has 8 heteroatoms. The summed E-state index contributed by atoms with van der Waals surface area (Å²) in [4.78, 5) is -0.388. The third-order valence-electron chi connectivity index (χ3n) is 3.87. The van der Waals surface area contributed by atoms with E-state index in [-0.39, 0.29) is 10.5 Å². The lowest BCUT2D eigenvalue weighted by molar-refractivity contribution is -0.0807. The summed E-state index contributed by atoms with van der Waals surface area (Å²) in [7, 11) is -2.90. The van der Waals surface area contributed by atoms with E-state index >= 15 is 0 Å². The molecule has 0 aliphatic carbocycles. The molecule has 5 nitrogen and oxygen atoms in total. The van der Waals surface area contributed by atoms with Crippen LogP contribution in [-0.2, 0) is 19.3 Å². The van der Waals surface area contributed by atoms with Crippen LogP contribution >= 0.6 is 0 Å². The summed E-state index contributed by atoms with van der Waals surface area (Å²) in [6.45, 7) is 1.79. The SMILES string of the molecule is COC1(CNc2ccc(S(=O)(=O)C(F)F)cc2)CCOCC1. The molecule has 0 unspecified atom stereocenters. The number of ether oxygens (including phenoxy) is 2. The number of methoxy groups -OCH3 is 1. The largest absolute Gasteiger partial charge is 0.382 e. The number of anilines is 1. The minimum absolute atomic E-state index is 0.327. The van der Waals surface area contributed by atoms with E-state index in [0.29, 0.717) is 25.4 Å². The van der Waals surface area contributed by atoms with Crippen molar-refractivity contribution < 1.29 is 26.7 Å². The highest BCUT2D eigenvalue weighted by Gasteiger charge is 2.32. The summed E-state index contributed by atoms with van der Waals surface area (Å²) < 4.78 is 58.5. The lowest BCUT2D eigenvalue weighted by Crippen LogP contribution is -2.44. The highest BCUT2D eigenvalue weighted by molar-refractivity contribution is 7.91. The van der Waals surface area contributed by atoms with E-state index in [4.69, 9.17) is 9.47 Å². The molecule has 0 amide bonds. The van der Waals surface area contributed by atoms with Crippen molar-refractivity contribution in [1.82, 2.24) is 0 Å². The zero-order valence-corrected chi connectivity index (χ0v) is 13.0. The topological polar surface area (TPSA) is 64.6 Å². The molecule has 1 aliphatic rings. The van der Waals surface area contributed by atoms with Gasteiger partial charge in [-0.2, -0.15) is 8.78 Å². The molecule has 1 aromatic carbocycles. The van der Waals surface area contributed by atoms with Crippen molar-refractivity contribution in [3.63, 3.8) is 0 Å². The van der Waals surface area contributed by atoms with Crippen LogP contribution in [0.2, 0.25) is 0 Å². The van der Waals surface area contributed by atoms with Crippen molar-refractivity contribution in [2.24, 2.45) is 0 Å². The van der Waals surface area contributed by atoms with Crippen LogP contribution in [0.1, 0.15) is 12.8 Å². The van der Waals surface area contributed by atoms with Crippen molar-refractivity contribution in [2.75, 3.05) is 32.2 Å². The van der Waals surface area contributed by atoms with Gasteiger partial charge in [0.2, 0.25) is 9.84 Å². The number of nitrogens with one attached hydrogen (secondary N) is 1. The average molecular weight is 335 g/mol. The zero-order chi connectivity index (χ0) is 16.2. The summed E-state index contributed by atoms with van der Waals surface area (Å²) in [5.74, 6) is -3.41. The maximum atomic E-state index is 12.5. The summed E-state index contributed by atoms with van der Waals surface area (Å²) in [5.41, 5.74) is 0.322. The number of hydrogen-bond donors (Lipinski definition) is 1. The van der Waals surface area contributed by atoms with Crippen molar-refractivity contribution in [3.8, 4) is 0 Å². The molecule has 1 heterocycles. The third-order valence-corrected chi connectivity index (χ3v) is 5.27. The standard InChI is InChI=1S/C14H19F2NO4S/c1-20-14(6-8-21-9-7-14)10-17-11-2-4-12(5-3-11)22(18,19)13(15)16/h2-5,13,17H,6-10H2,1H3. The molecule has 1 aliphatic heterocycles. The highest BCUT2D eigenvalue weighted by atomic mass is 32.2. The molecule has 1 N–H and O–H groups in total. The predicted molar refractivity (Wildman–Crippen MR) is 77.9 cm³/mol. The van der Waals surface area contributed by atoms with Crippen LogP contribution in [0, 0.1) is 0 Å². The minimum atomic E-state index is -4.55. The van der Waals surface area contributed by atoms with Gasteiger partial charge in [-0.3, -0.25) is 0 Å². The monoisotopic (exact) mass is 335 g/mol. The number of hydrogen-bond acceptors (Lipinski definition) is 5. The van der Waals surface area contributed by atoms with E-state index in [1.54, 1.807) is 7.11 Å². The molecule has 124 valence electrons. The first-order valence-electron chi connectivity index (χ1n) is 6.88. The van der Waals surface area contributed by atoms with Gasteiger partial charge in [-0.1, -0.05) is 0 Å². The number of alkyl halides is 2. The summed E-state index contributed by atoms with van der Waals surface area (Å²) in [6.07, 6.45) is 1.52. The van der Waals surface area contributed by atoms with E-state index in [0.717, 1.165) is 12.8 Å². The van der Waals surface area contributed by atoms with Gasteiger partial charge in [0.1, 0.15) is 0 Å². The van der Waals surface area contributed by atoms with Crippen LogP contribution in [0.3, 0.4) is 0 Å². The van der Waals surface area contributed by atoms with Gasteiger partial charge in [0.25, 0.3) is 0 Å². The second kappa shape index (κ2) is 6.89. The lowest BCUT2D eigenvalue weighted by Gasteiger charge is -2.36. The van der Waals surface area contributed by atoms with Crippen LogP contribution in [0.5, 0.6) is 0 Å². The second-order valence-corrected chi connectivity index (χ2v) is 7.10. The Balaban J connectivity index is 2.02. The predicted octanol–water partition coefficient (Wildman–Crippen LogP) is 2.29. The quantitative estimate of drug-likeness (QED) is 0.864. The minimum Gasteiger partial charge on any atom is -0.382 e. The lowest BCUT2D eigenvalue weighted by atomic mass is 9.94. The Bertz CT molecular complexity index is 583. The highest BCUT2D eigenvalue weighted by Crippen LogP contribution is 2.26. The maximum absolute atomic E-state index is 12.5. The Kier molecular flexibility index (Phi) is 5.36. The molecular weight excluding hydrogens is 316 g/mol. The van der Waals surface area contributed by atoms with Crippen molar-refractivity contribution in [2.45, 2.75) is 29.1 Å². The van der Waals surface area contributed by atoms with E-state index in [9.17, 15) is 17.2 Å². The number of rotatable bonds is 6. The van der Waals surface area contributed by atoms with Crippen LogP contribution in [-0.4, -0.2) is 46.6 Å². The Labute approximate surface area is 128 Å². The third kappa shape index (κ3) is 3.74. The smallest absolute Gasteiger partial charge is 0.341 e. The number of sulfone groups is 1. The number of benzene rings is 1. The van der Waals surface area contributed by atoms with Gasteiger partial charge in [0, 0.05) is 45.4 Å². The molecule has 0 atom stereocenters. The first-order valence-corrected chi connectivity index (χ1v) is 8.43. The van der Waals surface area contributed by atoms with Crippen LogP contribution in [0.25, 0.3) is 0 Å². The van der Waals surface area contributed by atoms with Gasteiger partial charge < -0.3 is 14.8 Å². The molecule has 0 bridgehead atoms. The Morgan fingerprint density at radius 1 is 1.27 bits per heavy atom. The molecule has 0 aromatic heterocycles. The molecule has 1 aromatic rings. The van der Waals surface area contributed by atoms with E-state index in [1.165, 1.54) is 24.3 Å². The maximum Gasteiger partial charge on any atom is 0.341 e. The number of halogens is 2. The first kappa shape index (κ1) is 17.1. The molecule has 2 rings (SSSR count). The van der Waals surface area contributed by atoms with Gasteiger partial charge in [-0.25, -0.2) is 8.42 Å². The average Bonchev–Trinajstić information content (AvgIpc) is 2.54. The van der Waals surface area contributed by atoms with E-state index in [2.05, 4.69) is 5.32 Å². The van der Waals surface area contributed by atoms with Gasteiger partial charge in [-0.05, 0) is 24.3 Å².